The Morgan fingerprint density at radius 3 is 2.26 bits per heavy atom. The summed E-state index contributed by atoms with van der Waals surface area (Å²) in [6.45, 7) is 11.3. The second-order valence-electron chi connectivity index (χ2n) is 7.51. The lowest BCUT2D eigenvalue weighted by Crippen LogP contribution is -2.43. The van der Waals surface area contributed by atoms with Crippen molar-refractivity contribution in [3.8, 4) is 17.1 Å². The van der Waals surface area contributed by atoms with E-state index in [2.05, 4.69) is 52.1 Å². The number of furan rings is 1. The lowest BCUT2D eigenvalue weighted by atomic mass is 10.1. The summed E-state index contributed by atoms with van der Waals surface area (Å²) in [6.07, 6.45) is 0. The molecule has 3 aromatic rings. The topological polar surface area (TPSA) is 22.4 Å². The van der Waals surface area contributed by atoms with Crippen LogP contribution in [-0.2, 0) is 0 Å². The fourth-order valence-electron chi connectivity index (χ4n) is 2.30. The Bertz CT molecular complexity index is 811. The average molecular weight is 324 g/mol. The predicted octanol–water partition coefficient (Wildman–Crippen LogP) is 6.48. The van der Waals surface area contributed by atoms with Gasteiger partial charge in [0.2, 0.25) is 0 Å². The van der Waals surface area contributed by atoms with Gasteiger partial charge in [0.25, 0.3) is 8.32 Å². The molecule has 1 aromatic heterocycles. The van der Waals surface area contributed by atoms with Crippen molar-refractivity contribution >= 4 is 19.3 Å². The SMILES string of the molecule is CC(C)(C)[Si](C)(C)Oc1cccc2oc(-c3ccccc3)cc12. The van der Waals surface area contributed by atoms with Gasteiger partial charge in [0.15, 0.2) is 0 Å². The molecule has 2 aromatic carbocycles. The van der Waals surface area contributed by atoms with E-state index < -0.39 is 8.32 Å². The lowest BCUT2D eigenvalue weighted by molar-refractivity contribution is 0.496. The first-order valence-electron chi connectivity index (χ1n) is 8.05. The zero-order chi connectivity index (χ0) is 16.7. The maximum absolute atomic E-state index is 6.51. The minimum atomic E-state index is -1.87. The molecule has 120 valence electrons. The van der Waals surface area contributed by atoms with E-state index in [-0.39, 0.29) is 5.04 Å². The summed E-state index contributed by atoms with van der Waals surface area (Å²) in [5.41, 5.74) is 1.96. The summed E-state index contributed by atoms with van der Waals surface area (Å²) in [4.78, 5) is 0. The number of hydrogen-bond donors (Lipinski definition) is 0. The quantitative estimate of drug-likeness (QED) is 0.514. The highest BCUT2D eigenvalue weighted by atomic mass is 28.4. The molecule has 2 nitrogen and oxygen atoms in total. The van der Waals surface area contributed by atoms with Crippen molar-refractivity contribution in [1.29, 1.82) is 0 Å². The molecule has 0 saturated heterocycles. The largest absolute Gasteiger partial charge is 0.543 e. The van der Waals surface area contributed by atoms with Crippen LogP contribution in [0.3, 0.4) is 0 Å². The molecule has 0 atom stereocenters. The second-order valence-corrected chi connectivity index (χ2v) is 12.2. The monoisotopic (exact) mass is 324 g/mol. The van der Waals surface area contributed by atoms with Gasteiger partial charge in [0.05, 0.1) is 5.39 Å². The van der Waals surface area contributed by atoms with Gasteiger partial charge in [0, 0.05) is 5.56 Å². The fourth-order valence-corrected chi connectivity index (χ4v) is 3.33. The van der Waals surface area contributed by atoms with Crippen molar-refractivity contribution < 1.29 is 8.84 Å². The molecule has 0 aliphatic heterocycles. The zero-order valence-corrected chi connectivity index (χ0v) is 15.5. The number of hydrogen-bond acceptors (Lipinski definition) is 2. The van der Waals surface area contributed by atoms with Gasteiger partial charge in [0.1, 0.15) is 17.1 Å². The van der Waals surface area contributed by atoms with E-state index in [0.717, 1.165) is 28.0 Å². The Morgan fingerprint density at radius 2 is 1.61 bits per heavy atom. The first-order chi connectivity index (χ1) is 10.8. The molecule has 3 rings (SSSR count). The van der Waals surface area contributed by atoms with Gasteiger partial charge in [-0.05, 0) is 36.3 Å². The first-order valence-corrected chi connectivity index (χ1v) is 11.0. The van der Waals surface area contributed by atoms with Crippen LogP contribution in [0.2, 0.25) is 18.1 Å². The van der Waals surface area contributed by atoms with Crippen molar-refractivity contribution in [2.75, 3.05) is 0 Å². The molecule has 0 amide bonds. The normalized spacial score (nSPS) is 12.6. The predicted molar refractivity (Wildman–Crippen MR) is 99.5 cm³/mol. The fraction of sp³-hybridized carbons (Fsp3) is 0.300. The minimum absolute atomic E-state index is 0.168. The highest BCUT2D eigenvalue weighted by Gasteiger charge is 2.39. The van der Waals surface area contributed by atoms with Crippen LogP contribution < -0.4 is 4.43 Å². The van der Waals surface area contributed by atoms with E-state index in [0.29, 0.717) is 0 Å². The van der Waals surface area contributed by atoms with Crippen LogP contribution in [0.25, 0.3) is 22.3 Å². The molecule has 0 fully saturated rings. The average Bonchev–Trinajstić information content (AvgIpc) is 2.92. The Kier molecular flexibility index (Phi) is 3.84. The molecule has 0 unspecified atom stereocenters. The van der Waals surface area contributed by atoms with Gasteiger partial charge in [-0.3, -0.25) is 0 Å². The van der Waals surface area contributed by atoms with Crippen molar-refractivity contribution in [2.45, 2.75) is 38.9 Å². The van der Waals surface area contributed by atoms with Crippen LogP contribution in [0.15, 0.2) is 59.0 Å². The van der Waals surface area contributed by atoms with E-state index in [1.165, 1.54) is 0 Å². The third-order valence-corrected chi connectivity index (χ3v) is 9.09. The van der Waals surface area contributed by atoms with Crippen LogP contribution in [-0.4, -0.2) is 8.32 Å². The maximum atomic E-state index is 6.51. The van der Waals surface area contributed by atoms with Crippen LogP contribution in [0.5, 0.6) is 5.75 Å². The maximum Gasteiger partial charge on any atom is 0.250 e. The summed E-state index contributed by atoms with van der Waals surface area (Å²) >= 11 is 0. The molecule has 23 heavy (non-hydrogen) atoms. The molecule has 0 aliphatic rings. The summed E-state index contributed by atoms with van der Waals surface area (Å²) in [7, 11) is -1.87. The van der Waals surface area contributed by atoms with Crippen molar-refractivity contribution in [2.24, 2.45) is 0 Å². The summed E-state index contributed by atoms with van der Waals surface area (Å²) in [5.74, 6) is 1.81. The molecule has 0 saturated carbocycles. The lowest BCUT2D eigenvalue weighted by Gasteiger charge is -2.36. The molecular formula is C20H24O2Si. The summed E-state index contributed by atoms with van der Waals surface area (Å²) < 4.78 is 12.5. The van der Waals surface area contributed by atoms with Gasteiger partial charge in [-0.15, -0.1) is 0 Å². The van der Waals surface area contributed by atoms with Crippen molar-refractivity contribution in [3.05, 3.63) is 54.6 Å². The molecular weight excluding hydrogens is 300 g/mol. The van der Waals surface area contributed by atoms with Gasteiger partial charge in [-0.25, -0.2) is 0 Å². The molecule has 1 heterocycles. The summed E-state index contributed by atoms with van der Waals surface area (Å²) in [5, 5.41) is 1.22. The van der Waals surface area contributed by atoms with Crippen molar-refractivity contribution in [3.63, 3.8) is 0 Å². The van der Waals surface area contributed by atoms with Crippen LogP contribution in [0.4, 0.5) is 0 Å². The zero-order valence-electron chi connectivity index (χ0n) is 14.5. The van der Waals surface area contributed by atoms with E-state index >= 15 is 0 Å². The van der Waals surface area contributed by atoms with Gasteiger partial charge in [-0.2, -0.15) is 0 Å². The molecule has 0 bridgehead atoms. The van der Waals surface area contributed by atoms with Crippen LogP contribution >= 0.6 is 0 Å². The smallest absolute Gasteiger partial charge is 0.250 e. The second kappa shape index (κ2) is 5.57. The molecule has 0 radical (unpaired) electrons. The molecule has 0 spiro atoms. The summed E-state index contributed by atoms with van der Waals surface area (Å²) in [6, 6.07) is 18.3. The van der Waals surface area contributed by atoms with Crippen LogP contribution in [0.1, 0.15) is 20.8 Å². The number of benzene rings is 2. The number of fused-ring (bicyclic) bond motifs is 1. The third kappa shape index (κ3) is 3.06. The minimum Gasteiger partial charge on any atom is -0.543 e. The Hall–Kier alpha value is -2.00. The molecule has 0 aliphatic carbocycles. The highest BCUT2D eigenvalue weighted by molar-refractivity contribution is 6.74. The molecule has 0 N–H and O–H groups in total. The number of rotatable bonds is 3. The highest BCUT2D eigenvalue weighted by Crippen LogP contribution is 2.40. The van der Waals surface area contributed by atoms with Gasteiger partial charge in [-0.1, -0.05) is 57.2 Å². The third-order valence-electron chi connectivity index (χ3n) is 4.75. The Balaban J connectivity index is 2.04. The standard InChI is InChI=1S/C20H24O2Si/c1-20(2,3)23(4,5)22-18-13-9-12-17-16(18)14-19(21-17)15-10-7-6-8-11-15/h6-14H,1-5H3. The van der Waals surface area contributed by atoms with Crippen molar-refractivity contribution in [1.82, 2.24) is 0 Å². The Labute approximate surface area is 139 Å². The van der Waals surface area contributed by atoms with E-state index in [4.69, 9.17) is 8.84 Å². The van der Waals surface area contributed by atoms with Gasteiger partial charge < -0.3 is 8.84 Å². The van der Waals surface area contributed by atoms with E-state index in [1.54, 1.807) is 0 Å². The first kappa shape index (κ1) is 15.9. The molecule has 3 heteroatoms. The van der Waals surface area contributed by atoms with Crippen LogP contribution in [0, 0.1) is 0 Å². The van der Waals surface area contributed by atoms with E-state index in [9.17, 15) is 0 Å². The Morgan fingerprint density at radius 1 is 0.913 bits per heavy atom. The van der Waals surface area contributed by atoms with E-state index in [1.807, 2.05) is 36.4 Å². The van der Waals surface area contributed by atoms with Gasteiger partial charge >= 0.3 is 0 Å².